The molecular weight excluding hydrogens is 357 g/mol. The normalized spacial score (nSPS) is 16.8. The fourth-order valence-electron chi connectivity index (χ4n) is 1.84. The molecule has 0 heterocycles. The van der Waals surface area contributed by atoms with Gasteiger partial charge in [0.05, 0.1) is 0 Å². The zero-order valence-electron chi connectivity index (χ0n) is 12.9. The average Bonchev–Trinajstić information content (AvgIpc) is 2.43. The van der Waals surface area contributed by atoms with Gasteiger partial charge in [0, 0.05) is 16.9 Å². The molecule has 0 radical (unpaired) electrons. The van der Waals surface area contributed by atoms with Crippen LogP contribution < -0.4 is 4.72 Å². The van der Waals surface area contributed by atoms with E-state index >= 15 is 0 Å². The van der Waals surface area contributed by atoms with Gasteiger partial charge in [-0.3, -0.25) is 0 Å². The number of hydrogen-bond acceptors (Lipinski definition) is 3. The Hall–Kier alpha value is -1.39. The molecule has 1 unspecified atom stereocenters. The Labute approximate surface area is 138 Å². The van der Waals surface area contributed by atoms with Crippen molar-refractivity contribution in [3.8, 4) is 0 Å². The number of nitrogens with one attached hydrogen (secondary N) is 1. The zero-order chi connectivity index (χ0) is 18.9. The molecule has 0 saturated carbocycles. The number of carboxylic acids is 1. The van der Waals surface area contributed by atoms with Crippen LogP contribution in [0.4, 0.5) is 22.0 Å². The van der Waals surface area contributed by atoms with Crippen LogP contribution in [0.25, 0.3) is 0 Å². The highest BCUT2D eigenvalue weighted by molar-refractivity contribution is 7.90. The summed E-state index contributed by atoms with van der Waals surface area (Å²) in [7, 11) is 0. The Balaban J connectivity index is 3.72. The Morgan fingerprint density at radius 2 is 1.75 bits per heavy atom. The van der Waals surface area contributed by atoms with Gasteiger partial charge in [-0.25, -0.2) is 18.0 Å². The zero-order valence-corrected chi connectivity index (χ0v) is 13.8. The highest BCUT2D eigenvalue weighted by Crippen LogP contribution is 2.45. The van der Waals surface area contributed by atoms with Gasteiger partial charge in [-0.15, -0.1) is 4.72 Å². The molecule has 1 aromatic carbocycles. The molecule has 0 fully saturated rings. The summed E-state index contributed by atoms with van der Waals surface area (Å²) < 4.78 is 82.4. The van der Waals surface area contributed by atoms with Gasteiger partial charge in [0.2, 0.25) is 5.54 Å². The first kappa shape index (κ1) is 20.7. The fourth-order valence-corrected chi connectivity index (χ4v) is 2.76. The lowest BCUT2D eigenvalue weighted by Gasteiger charge is -2.39. The van der Waals surface area contributed by atoms with E-state index in [2.05, 4.69) is 0 Å². The van der Waals surface area contributed by atoms with Gasteiger partial charge < -0.3 is 9.66 Å². The Morgan fingerprint density at radius 3 is 2.12 bits per heavy atom. The Morgan fingerprint density at radius 1 is 1.25 bits per heavy atom. The third-order valence-corrected chi connectivity index (χ3v) is 4.82. The lowest BCUT2D eigenvalue weighted by Crippen LogP contribution is -2.67. The van der Waals surface area contributed by atoms with Crippen molar-refractivity contribution in [2.24, 2.45) is 0 Å². The summed E-state index contributed by atoms with van der Waals surface area (Å²) in [6.45, 7) is 3.89. The van der Waals surface area contributed by atoms with Gasteiger partial charge in [0.1, 0.15) is 10.6 Å². The summed E-state index contributed by atoms with van der Waals surface area (Å²) in [5.74, 6) is -9.52. The van der Waals surface area contributed by atoms with E-state index in [1.807, 2.05) is 0 Å². The van der Waals surface area contributed by atoms with Crippen LogP contribution in [0.15, 0.2) is 24.3 Å². The average molecular weight is 373 g/mol. The van der Waals surface area contributed by atoms with Gasteiger partial charge in [-0.1, -0.05) is 18.2 Å². The van der Waals surface area contributed by atoms with Crippen molar-refractivity contribution in [3.63, 3.8) is 0 Å². The molecule has 0 aromatic heterocycles. The number of carbonyl (C=O) groups is 1. The molecule has 136 valence electrons. The fraction of sp³-hybridized carbons (Fsp3) is 0.500. The smallest absolute Gasteiger partial charge is 0.377 e. The van der Waals surface area contributed by atoms with Gasteiger partial charge >= 0.3 is 11.9 Å². The van der Waals surface area contributed by atoms with Crippen LogP contribution >= 0.6 is 0 Å². The van der Waals surface area contributed by atoms with Crippen LogP contribution in [0.3, 0.4) is 0 Å². The predicted molar refractivity (Wildman–Crippen MR) is 77.7 cm³/mol. The van der Waals surface area contributed by atoms with E-state index in [1.165, 1.54) is 25.5 Å². The van der Waals surface area contributed by atoms with Crippen molar-refractivity contribution in [2.45, 2.75) is 43.4 Å². The van der Waals surface area contributed by atoms with E-state index in [4.69, 9.17) is 5.11 Å². The van der Waals surface area contributed by atoms with E-state index in [0.29, 0.717) is 12.1 Å². The van der Waals surface area contributed by atoms with E-state index in [1.54, 1.807) is 0 Å². The summed E-state index contributed by atoms with van der Waals surface area (Å²) in [5, 5.41) is 8.75. The second kappa shape index (κ2) is 6.85. The molecule has 0 aliphatic carbocycles. The number of halogens is 5. The summed E-state index contributed by atoms with van der Waals surface area (Å²) in [6, 6.07) is 3.29. The molecule has 1 rings (SSSR count). The highest BCUT2D eigenvalue weighted by atomic mass is 32.2. The first-order chi connectivity index (χ1) is 10.8. The van der Waals surface area contributed by atoms with Crippen molar-refractivity contribution in [2.75, 3.05) is 0 Å². The second-order valence-electron chi connectivity index (χ2n) is 5.95. The topological polar surface area (TPSA) is 72.4 Å². The number of hydrogen-bond donors (Lipinski definition) is 2. The lowest BCUT2D eigenvalue weighted by atomic mass is 9.84. The molecule has 10 heteroatoms. The maximum Gasteiger partial charge on any atom is 0.377 e. The van der Waals surface area contributed by atoms with E-state index in [0.717, 1.165) is 12.1 Å². The monoisotopic (exact) mass is 373 g/mol. The molecular formula is C14H16F5NO3S. The van der Waals surface area contributed by atoms with Crippen LogP contribution in [0, 0.1) is 5.82 Å². The SMILES string of the molecule is CC(C)(C)[S+]([O-])N[C@@](c1ccccc1F)(C(F)F)C(F)(F)C(=O)O. The number of aliphatic carboxylic acids is 1. The molecule has 2 N–H and O–H groups in total. The molecule has 0 saturated heterocycles. The van der Waals surface area contributed by atoms with Crippen LogP contribution in [0.5, 0.6) is 0 Å². The van der Waals surface area contributed by atoms with Crippen molar-refractivity contribution < 1.29 is 36.4 Å². The van der Waals surface area contributed by atoms with Crippen LogP contribution in [-0.2, 0) is 21.7 Å². The molecule has 2 atom stereocenters. The minimum absolute atomic E-state index is 0.602. The highest BCUT2D eigenvalue weighted by Gasteiger charge is 2.70. The molecule has 0 aliphatic heterocycles. The third kappa shape index (κ3) is 3.50. The first-order valence-electron chi connectivity index (χ1n) is 6.62. The maximum atomic E-state index is 14.3. The van der Waals surface area contributed by atoms with E-state index in [-0.39, 0.29) is 0 Å². The van der Waals surface area contributed by atoms with Crippen molar-refractivity contribution in [1.29, 1.82) is 0 Å². The maximum absolute atomic E-state index is 14.3. The third-order valence-electron chi connectivity index (χ3n) is 3.20. The largest absolute Gasteiger partial charge is 0.598 e. The number of rotatable bonds is 6. The van der Waals surface area contributed by atoms with Crippen molar-refractivity contribution in [1.82, 2.24) is 4.72 Å². The number of alkyl halides is 4. The molecule has 0 bridgehead atoms. The number of benzene rings is 1. The van der Waals surface area contributed by atoms with Crippen molar-refractivity contribution in [3.05, 3.63) is 35.6 Å². The van der Waals surface area contributed by atoms with Crippen LogP contribution in [0.1, 0.15) is 26.3 Å². The molecule has 0 spiro atoms. The molecule has 4 nitrogen and oxygen atoms in total. The van der Waals surface area contributed by atoms with Gasteiger partial charge in [-0.2, -0.15) is 8.78 Å². The summed E-state index contributed by atoms with van der Waals surface area (Å²) in [4.78, 5) is 10.9. The minimum atomic E-state index is -5.15. The summed E-state index contributed by atoms with van der Waals surface area (Å²) >= 11 is -2.54. The Kier molecular flexibility index (Phi) is 5.89. The molecule has 0 amide bonds. The van der Waals surface area contributed by atoms with E-state index in [9.17, 15) is 31.3 Å². The summed E-state index contributed by atoms with van der Waals surface area (Å²) in [5.41, 5.74) is -5.30. The van der Waals surface area contributed by atoms with Gasteiger partial charge in [-0.05, 0) is 26.8 Å². The Bertz CT molecular complexity index is 608. The standard InChI is InChI=1S/C14H16F5NO3S/c1-12(2,3)24(23)20-13(10(16)17,14(18,19)11(21)22)8-6-4-5-7-9(8)15/h4-7,10,20H,1-3H3,(H,21,22)/t13-,24?/m0/s1. The quantitative estimate of drug-likeness (QED) is 0.594. The predicted octanol–water partition coefficient (Wildman–Crippen LogP) is 3.06. The second-order valence-corrected chi connectivity index (χ2v) is 7.92. The lowest BCUT2D eigenvalue weighted by molar-refractivity contribution is -0.193. The molecule has 1 aromatic rings. The first-order valence-corrected chi connectivity index (χ1v) is 7.77. The molecule has 24 heavy (non-hydrogen) atoms. The summed E-state index contributed by atoms with van der Waals surface area (Å²) in [6.07, 6.45) is -4.08. The number of carboxylic acid groups (broad SMARTS) is 1. The van der Waals surface area contributed by atoms with Crippen LogP contribution in [0.2, 0.25) is 0 Å². The molecule has 0 aliphatic rings. The van der Waals surface area contributed by atoms with Gasteiger partial charge in [0.15, 0.2) is 0 Å². The van der Waals surface area contributed by atoms with Gasteiger partial charge in [0.25, 0.3) is 6.43 Å². The van der Waals surface area contributed by atoms with E-state index < -0.39 is 51.3 Å². The minimum Gasteiger partial charge on any atom is -0.598 e. The van der Waals surface area contributed by atoms with Crippen molar-refractivity contribution >= 4 is 17.3 Å². The van der Waals surface area contributed by atoms with Crippen LogP contribution in [-0.4, -0.2) is 32.7 Å².